The topological polar surface area (TPSA) is 29.5 Å². The van der Waals surface area contributed by atoms with Gasteiger partial charge in [0.05, 0.1) is 6.10 Å². The van der Waals surface area contributed by atoms with Crippen LogP contribution in [0.15, 0.2) is 0 Å². The summed E-state index contributed by atoms with van der Waals surface area (Å²) in [6, 6.07) is 0. The second-order valence-electron chi connectivity index (χ2n) is 2.83. The Morgan fingerprint density at radius 2 is 2.45 bits per heavy atom. The summed E-state index contributed by atoms with van der Waals surface area (Å²) in [7, 11) is 0. The summed E-state index contributed by atoms with van der Waals surface area (Å²) in [5.41, 5.74) is 0. The van der Waals surface area contributed by atoms with E-state index in [1.807, 2.05) is 11.8 Å². The Labute approximate surface area is 67.3 Å². The van der Waals surface area contributed by atoms with Crippen LogP contribution in [-0.2, 0) is 9.53 Å². The van der Waals surface area contributed by atoms with Crippen molar-refractivity contribution in [2.75, 3.05) is 19.7 Å². The SMILES string of the molecule is CCOC1CCN(C(C)=O)C1. The molecule has 0 bridgehead atoms. The van der Waals surface area contributed by atoms with Gasteiger partial charge in [-0.15, -0.1) is 0 Å². The van der Waals surface area contributed by atoms with Crippen LogP contribution in [-0.4, -0.2) is 36.6 Å². The van der Waals surface area contributed by atoms with E-state index in [2.05, 4.69) is 0 Å². The highest BCUT2D eigenvalue weighted by molar-refractivity contribution is 5.73. The van der Waals surface area contributed by atoms with Gasteiger partial charge in [0, 0.05) is 26.6 Å². The zero-order valence-corrected chi connectivity index (χ0v) is 7.17. The number of hydrogen-bond donors (Lipinski definition) is 0. The molecule has 1 heterocycles. The maximum absolute atomic E-state index is 10.9. The molecule has 64 valence electrons. The lowest BCUT2D eigenvalue weighted by atomic mass is 10.3. The number of carbonyl (C=O) groups is 1. The highest BCUT2D eigenvalue weighted by atomic mass is 16.5. The first-order valence-electron chi connectivity index (χ1n) is 4.11. The van der Waals surface area contributed by atoms with Crippen LogP contribution in [0.2, 0.25) is 0 Å². The van der Waals surface area contributed by atoms with Crippen LogP contribution in [0.3, 0.4) is 0 Å². The third-order valence-electron chi connectivity index (χ3n) is 1.99. The zero-order valence-electron chi connectivity index (χ0n) is 7.17. The second-order valence-corrected chi connectivity index (χ2v) is 2.83. The van der Waals surface area contributed by atoms with Crippen molar-refractivity contribution in [1.29, 1.82) is 0 Å². The van der Waals surface area contributed by atoms with Gasteiger partial charge >= 0.3 is 0 Å². The normalized spacial score (nSPS) is 24.2. The van der Waals surface area contributed by atoms with Crippen LogP contribution in [0, 0.1) is 0 Å². The molecule has 1 rings (SSSR count). The van der Waals surface area contributed by atoms with E-state index in [9.17, 15) is 4.79 Å². The average molecular weight is 157 g/mol. The molecule has 0 aromatic carbocycles. The first kappa shape index (κ1) is 8.53. The second kappa shape index (κ2) is 3.72. The molecule has 1 fully saturated rings. The molecule has 1 aliphatic rings. The van der Waals surface area contributed by atoms with E-state index in [1.54, 1.807) is 6.92 Å². The minimum Gasteiger partial charge on any atom is -0.377 e. The molecule has 3 nitrogen and oxygen atoms in total. The maximum Gasteiger partial charge on any atom is 0.219 e. The average Bonchev–Trinajstić information content (AvgIpc) is 2.37. The summed E-state index contributed by atoms with van der Waals surface area (Å²) in [5, 5.41) is 0. The Kier molecular flexibility index (Phi) is 2.88. The van der Waals surface area contributed by atoms with Crippen LogP contribution < -0.4 is 0 Å². The van der Waals surface area contributed by atoms with E-state index >= 15 is 0 Å². The van der Waals surface area contributed by atoms with Crippen molar-refractivity contribution >= 4 is 5.91 Å². The van der Waals surface area contributed by atoms with Gasteiger partial charge in [0.15, 0.2) is 0 Å². The fourth-order valence-corrected chi connectivity index (χ4v) is 1.39. The van der Waals surface area contributed by atoms with Gasteiger partial charge in [0.1, 0.15) is 0 Å². The Morgan fingerprint density at radius 3 is 2.91 bits per heavy atom. The van der Waals surface area contributed by atoms with Crippen LogP contribution in [0.1, 0.15) is 20.3 Å². The van der Waals surface area contributed by atoms with Gasteiger partial charge in [-0.1, -0.05) is 0 Å². The highest BCUT2D eigenvalue weighted by Crippen LogP contribution is 2.11. The molecule has 1 aliphatic heterocycles. The Balaban J connectivity index is 2.29. The molecular formula is C8H15NO2. The molecule has 0 spiro atoms. The van der Waals surface area contributed by atoms with E-state index in [0.717, 1.165) is 26.1 Å². The standard InChI is InChI=1S/C8H15NO2/c1-3-11-8-4-5-9(6-8)7(2)10/h8H,3-6H2,1-2H3. The third kappa shape index (κ3) is 2.19. The monoisotopic (exact) mass is 157 g/mol. The first-order chi connectivity index (χ1) is 5.24. The third-order valence-corrected chi connectivity index (χ3v) is 1.99. The lowest BCUT2D eigenvalue weighted by Crippen LogP contribution is -2.27. The summed E-state index contributed by atoms with van der Waals surface area (Å²) in [6.07, 6.45) is 1.27. The molecular weight excluding hydrogens is 142 g/mol. The lowest BCUT2D eigenvalue weighted by Gasteiger charge is -2.13. The van der Waals surface area contributed by atoms with Gasteiger partial charge in [0.25, 0.3) is 0 Å². The van der Waals surface area contributed by atoms with E-state index in [4.69, 9.17) is 4.74 Å². The number of ether oxygens (including phenoxy) is 1. The Bertz CT molecular complexity index is 147. The fraction of sp³-hybridized carbons (Fsp3) is 0.875. The quantitative estimate of drug-likeness (QED) is 0.589. The van der Waals surface area contributed by atoms with Crippen molar-refractivity contribution in [1.82, 2.24) is 4.90 Å². The predicted octanol–water partition coefficient (Wildman–Crippen LogP) is 0.644. The molecule has 0 N–H and O–H groups in total. The summed E-state index contributed by atoms with van der Waals surface area (Å²) in [6.45, 7) is 5.98. The van der Waals surface area contributed by atoms with E-state index in [0.29, 0.717) is 0 Å². The maximum atomic E-state index is 10.9. The number of carbonyl (C=O) groups excluding carboxylic acids is 1. The number of rotatable bonds is 2. The number of amides is 1. The number of nitrogens with zero attached hydrogens (tertiary/aromatic N) is 1. The molecule has 0 aromatic rings. The largest absolute Gasteiger partial charge is 0.377 e. The zero-order chi connectivity index (χ0) is 8.27. The molecule has 0 aromatic heterocycles. The molecule has 0 radical (unpaired) electrons. The fourth-order valence-electron chi connectivity index (χ4n) is 1.39. The summed E-state index contributed by atoms with van der Waals surface area (Å²) < 4.78 is 5.39. The summed E-state index contributed by atoms with van der Waals surface area (Å²) >= 11 is 0. The van der Waals surface area contributed by atoms with Crippen molar-refractivity contribution in [3.63, 3.8) is 0 Å². The van der Waals surface area contributed by atoms with Crippen molar-refractivity contribution in [2.24, 2.45) is 0 Å². The van der Waals surface area contributed by atoms with Crippen LogP contribution >= 0.6 is 0 Å². The Morgan fingerprint density at radius 1 is 1.73 bits per heavy atom. The van der Waals surface area contributed by atoms with Gasteiger partial charge in [-0.05, 0) is 13.3 Å². The lowest BCUT2D eigenvalue weighted by molar-refractivity contribution is -0.128. The smallest absolute Gasteiger partial charge is 0.219 e. The number of hydrogen-bond acceptors (Lipinski definition) is 2. The van der Waals surface area contributed by atoms with Gasteiger partial charge in [-0.2, -0.15) is 0 Å². The first-order valence-corrected chi connectivity index (χ1v) is 4.11. The van der Waals surface area contributed by atoms with Crippen molar-refractivity contribution in [3.8, 4) is 0 Å². The summed E-state index contributed by atoms with van der Waals surface area (Å²) in [4.78, 5) is 12.7. The Hall–Kier alpha value is -0.570. The molecule has 1 atom stereocenters. The van der Waals surface area contributed by atoms with E-state index in [1.165, 1.54) is 0 Å². The van der Waals surface area contributed by atoms with Crippen molar-refractivity contribution in [2.45, 2.75) is 26.4 Å². The molecule has 0 saturated carbocycles. The number of likely N-dealkylation sites (tertiary alicyclic amines) is 1. The molecule has 1 amide bonds. The van der Waals surface area contributed by atoms with Crippen LogP contribution in [0.4, 0.5) is 0 Å². The van der Waals surface area contributed by atoms with Crippen molar-refractivity contribution < 1.29 is 9.53 Å². The van der Waals surface area contributed by atoms with Gasteiger partial charge in [-0.25, -0.2) is 0 Å². The van der Waals surface area contributed by atoms with E-state index in [-0.39, 0.29) is 12.0 Å². The van der Waals surface area contributed by atoms with E-state index < -0.39 is 0 Å². The van der Waals surface area contributed by atoms with Crippen LogP contribution in [0.25, 0.3) is 0 Å². The van der Waals surface area contributed by atoms with Crippen molar-refractivity contribution in [3.05, 3.63) is 0 Å². The molecule has 3 heteroatoms. The molecule has 1 saturated heterocycles. The minimum atomic E-state index is 0.159. The highest BCUT2D eigenvalue weighted by Gasteiger charge is 2.23. The predicted molar refractivity (Wildman–Crippen MR) is 42.3 cm³/mol. The van der Waals surface area contributed by atoms with Gasteiger partial charge < -0.3 is 9.64 Å². The minimum absolute atomic E-state index is 0.159. The molecule has 11 heavy (non-hydrogen) atoms. The molecule has 1 unspecified atom stereocenters. The summed E-state index contributed by atoms with van der Waals surface area (Å²) in [5.74, 6) is 0.159. The molecule has 0 aliphatic carbocycles. The van der Waals surface area contributed by atoms with Crippen LogP contribution in [0.5, 0.6) is 0 Å². The van der Waals surface area contributed by atoms with Gasteiger partial charge in [0.2, 0.25) is 5.91 Å². The van der Waals surface area contributed by atoms with Gasteiger partial charge in [-0.3, -0.25) is 4.79 Å².